The van der Waals surface area contributed by atoms with Gasteiger partial charge in [0.15, 0.2) is 0 Å². The van der Waals surface area contributed by atoms with E-state index in [2.05, 4.69) is 41.1 Å². The molecule has 2 heterocycles. The maximum absolute atomic E-state index is 12.3. The molecule has 0 spiro atoms. The zero-order chi connectivity index (χ0) is 17.6. The molecule has 1 N–H and O–H groups in total. The molecule has 2 aliphatic heterocycles. The lowest BCUT2D eigenvalue weighted by Gasteiger charge is -2.34. The number of amides is 1. The number of benzene rings is 1. The van der Waals surface area contributed by atoms with Gasteiger partial charge in [-0.15, -0.1) is 0 Å². The van der Waals surface area contributed by atoms with E-state index >= 15 is 0 Å². The Labute approximate surface area is 151 Å². The maximum Gasteiger partial charge on any atom is 0.238 e. The van der Waals surface area contributed by atoms with Crippen LogP contribution in [0.4, 0.5) is 11.4 Å². The summed E-state index contributed by atoms with van der Waals surface area (Å²) in [7, 11) is 0. The highest BCUT2D eigenvalue weighted by atomic mass is 16.5. The van der Waals surface area contributed by atoms with Crippen LogP contribution in [0, 0.1) is 0 Å². The second-order valence-corrected chi connectivity index (χ2v) is 7.45. The molecule has 5 nitrogen and oxygen atoms in total. The van der Waals surface area contributed by atoms with E-state index < -0.39 is 0 Å². The van der Waals surface area contributed by atoms with Crippen molar-refractivity contribution in [2.75, 3.05) is 42.9 Å². The van der Waals surface area contributed by atoms with Crippen LogP contribution < -0.4 is 10.2 Å². The Morgan fingerprint density at radius 1 is 1.04 bits per heavy atom. The number of morpholine rings is 1. The number of nitrogens with zero attached hydrogens (tertiary/aromatic N) is 2. The third-order valence-corrected chi connectivity index (χ3v) is 4.98. The third kappa shape index (κ3) is 5.44. The van der Waals surface area contributed by atoms with Gasteiger partial charge in [-0.05, 0) is 51.0 Å². The average molecular weight is 345 g/mol. The van der Waals surface area contributed by atoms with Gasteiger partial charge in [0.2, 0.25) is 5.91 Å². The zero-order valence-corrected chi connectivity index (χ0v) is 15.5. The summed E-state index contributed by atoms with van der Waals surface area (Å²) in [4.78, 5) is 16.9. The summed E-state index contributed by atoms with van der Waals surface area (Å²) in [6, 6.07) is 8.28. The summed E-state index contributed by atoms with van der Waals surface area (Å²) in [6.45, 7) is 8.44. The lowest BCUT2D eigenvalue weighted by Crippen LogP contribution is -2.48. The Hall–Kier alpha value is -1.59. The van der Waals surface area contributed by atoms with Crippen molar-refractivity contribution in [1.29, 1.82) is 0 Å². The fraction of sp³-hybridized carbons (Fsp3) is 0.650. The van der Waals surface area contributed by atoms with Gasteiger partial charge in [0.05, 0.1) is 18.8 Å². The molecule has 0 saturated carbocycles. The molecule has 1 aromatic carbocycles. The summed E-state index contributed by atoms with van der Waals surface area (Å²) < 4.78 is 5.72. The molecule has 1 amide bonds. The summed E-state index contributed by atoms with van der Waals surface area (Å²) in [5.41, 5.74) is 2.13. The summed E-state index contributed by atoms with van der Waals surface area (Å²) in [6.07, 6.45) is 5.59. The van der Waals surface area contributed by atoms with Crippen LogP contribution in [0.15, 0.2) is 24.3 Å². The predicted molar refractivity (Wildman–Crippen MR) is 102 cm³/mol. The van der Waals surface area contributed by atoms with Crippen molar-refractivity contribution >= 4 is 17.3 Å². The number of hydrogen-bond donors (Lipinski definition) is 1. The molecule has 2 fully saturated rings. The first-order valence-corrected chi connectivity index (χ1v) is 9.63. The minimum atomic E-state index is 0.0452. The standard InChI is InChI=1S/C20H31N3O2/c1-16-13-22(14-17(2)25-16)15-20(24)21-18-7-9-19(10-8-18)23-11-5-3-4-6-12-23/h7-10,16-17H,3-6,11-15H2,1-2H3,(H,21,24). The Bertz CT molecular complexity index is 543. The van der Waals surface area contributed by atoms with Gasteiger partial charge in [-0.2, -0.15) is 0 Å². The normalized spacial score (nSPS) is 25.4. The van der Waals surface area contributed by atoms with Crippen LogP contribution in [0.5, 0.6) is 0 Å². The van der Waals surface area contributed by atoms with Gasteiger partial charge < -0.3 is 15.0 Å². The number of rotatable bonds is 4. The molecule has 1 aromatic rings. The van der Waals surface area contributed by atoms with Crippen molar-refractivity contribution in [2.24, 2.45) is 0 Å². The lowest BCUT2D eigenvalue weighted by molar-refractivity contribution is -0.121. The van der Waals surface area contributed by atoms with Crippen molar-refractivity contribution < 1.29 is 9.53 Å². The van der Waals surface area contributed by atoms with E-state index in [0.29, 0.717) is 6.54 Å². The smallest absolute Gasteiger partial charge is 0.238 e. The highest BCUT2D eigenvalue weighted by Crippen LogP contribution is 2.21. The number of carbonyl (C=O) groups is 1. The molecule has 3 rings (SSSR count). The van der Waals surface area contributed by atoms with Crippen LogP contribution in [-0.2, 0) is 9.53 Å². The van der Waals surface area contributed by atoms with Gasteiger partial charge in [0, 0.05) is 37.6 Å². The Balaban J connectivity index is 1.51. The van der Waals surface area contributed by atoms with E-state index in [1.807, 2.05) is 12.1 Å². The SMILES string of the molecule is CC1CN(CC(=O)Nc2ccc(N3CCCCCC3)cc2)CC(C)O1. The molecule has 2 atom stereocenters. The van der Waals surface area contributed by atoms with Crippen LogP contribution in [-0.4, -0.2) is 55.7 Å². The van der Waals surface area contributed by atoms with E-state index in [4.69, 9.17) is 4.74 Å². The molecule has 0 aromatic heterocycles. The maximum atomic E-state index is 12.3. The fourth-order valence-electron chi connectivity index (χ4n) is 3.90. The Kier molecular flexibility index (Phi) is 6.32. The largest absolute Gasteiger partial charge is 0.373 e. The van der Waals surface area contributed by atoms with Gasteiger partial charge in [0.25, 0.3) is 0 Å². The summed E-state index contributed by atoms with van der Waals surface area (Å²) in [5.74, 6) is 0.0452. The molecular formula is C20H31N3O2. The Morgan fingerprint density at radius 2 is 1.64 bits per heavy atom. The highest BCUT2D eigenvalue weighted by molar-refractivity contribution is 5.92. The molecule has 138 valence electrons. The molecule has 0 aliphatic carbocycles. The first kappa shape index (κ1) is 18.2. The highest BCUT2D eigenvalue weighted by Gasteiger charge is 2.23. The van der Waals surface area contributed by atoms with Crippen molar-refractivity contribution in [2.45, 2.75) is 51.7 Å². The van der Waals surface area contributed by atoms with Gasteiger partial charge in [0.1, 0.15) is 0 Å². The van der Waals surface area contributed by atoms with Crippen LogP contribution in [0.2, 0.25) is 0 Å². The number of nitrogens with one attached hydrogen (secondary N) is 1. The molecule has 0 radical (unpaired) electrons. The van der Waals surface area contributed by atoms with Crippen LogP contribution in [0.25, 0.3) is 0 Å². The summed E-state index contributed by atoms with van der Waals surface area (Å²) in [5, 5.41) is 3.02. The second-order valence-electron chi connectivity index (χ2n) is 7.45. The monoisotopic (exact) mass is 345 g/mol. The van der Waals surface area contributed by atoms with Gasteiger partial charge >= 0.3 is 0 Å². The molecular weight excluding hydrogens is 314 g/mol. The first-order valence-electron chi connectivity index (χ1n) is 9.63. The van der Waals surface area contributed by atoms with E-state index in [9.17, 15) is 4.79 Å². The Morgan fingerprint density at radius 3 is 2.24 bits per heavy atom. The number of hydrogen-bond acceptors (Lipinski definition) is 4. The quantitative estimate of drug-likeness (QED) is 0.911. The number of carbonyl (C=O) groups excluding carboxylic acids is 1. The predicted octanol–water partition coefficient (Wildman–Crippen LogP) is 3.11. The fourth-order valence-corrected chi connectivity index (χ4v) is 3.90. The van der Waals surface area contributed by atoms with Gasteiger partial charge in [-0.1, -0.05) is 12.8 Å². The van der Waals surface area contributed by atoms with E-state index in [0.717, 1.165) is 31.9 Å². The van der Waals surface area contributed by atoms with Crippen molar-refractivity contribution in [3.63, 3.8) is 0 Å². The van der Waals surface area contributed by atoms with Gasteiger partial charge in [-0.25, -0.2) is 0 Å². The van der Waals surface area contributed by atoms with Crippen molar-refractivity contribution in [1.82, 2.24) is 4.90 Å². The van der Waals surface area contributed by atoms with Crippen LogP contribution in [0.1, 0.15) is 39.5 Å². The first-order chi connectivity index (χ1) is 12.1. The van der Waals surface area contributed by atoms with E-state index in [1.54, 1.807) is 0 Å². The minimum Gasteiger partial charge on any atom is -0.373 e. The van der Waals surface area contributed by atoms with Crippen molar-refractivity contribution in [3.8, 4) is 0 Å². The molecule has 2 aliphatic rings. The molecule has 25 heavy (non-hydrogen) atoms. The average Bonchev–Trinajstić information content (AvgIpc) is 2.83. The lowest BCUT2D eigenvalue weighted by atomic mass is 10.2. The van der Waals surface area contributed by atoms with Crippen molar-refractivity contribution in [3.05, 3.63) is 24.3 Å². The molecule has 2 saturated heterocycles. The topological polar surface area (TPSA) is 44.8 Å². The number of anilines is 2. The van der Waals surface area contributed by atoms with Crippen LogP contribution in [0.3, 0.4) is 0 Å². The van der Waals surface area contributed by atoms with E-state index in [1.165, 1.54) is 31.4 Å². The summed E-state index contributed by atoms with van der Waals surface area (Å²) >= 11 is 0. The van der Waals surface area contributed by atoms with Gasteiger partial charge in [-0.3, -0.25) is 9.69 Å². The van der Waals surface area contributed by atoms with Crippen LogP contribution >= 0.6 is 0 Å². The second kappa shape index (κ2) is 8.68. The molecule has 5 heteroatoms. The third-order valence-electron chi connectivity index (χ3n) is 4.98. The number of ether oxygens (including phenoxy) is 1. The van der Waals surface area contributed by atoms with E-state index in [-0.39, 0.29) is 18.1 Å². The molecule has 0 bridgehead atoms. The molecule has 2 unspecified atom stereocenters. The minimum absolute atomic E-state index is 0.0452. The zero-order valence-electron chi connectivity index (χ0n) is 15.5.